The minimum Gasteiger partial charge on any atom is -0.340 e. The third-order valence-electron chi connectivity index (χ3n) is 4.84. The highest BCUT2D eigenvalue weighted by molar-refractivity contribution is 6.09. The Kier molecular flexibility index (Phi) is 3.91. The lowest BCUT2D eigenvalue weighted by molar-refractivity contribution is -0.139. The van der Waals surface area contributed by atoms with Crippen LogP contribution in [0.5, 0.6) is 0 Å². The normalized spacial score (nSPS) is 25.1. The van der Waals surface area contributed by atoms with Crippen molar-refractivity contribution in [3.8, 4) is 0 Å². The molecule has 2 aliphatic heterocycles. The average Bonchev–Trinajstić information content (AvgIpc) is 3.08. The first-order chi connectivity index (χ1) is 10.5. The fourth-order valence-corrected chi connectivity index (χ4v) is 3.27. The van der Waals surface area contributed by atoms with Crippen LogP contribution in [0.15, 0.2) is 18.2 Å². The average molecular weight is 301 g/mol. The van der Waals surface area contributed by atoms with Crippen LogP contribution in [0.2, 0.25) is 0 Å². The summed E-state index contributed by atoms with van der Waals surface area (Å²) in [7, 11) is 0. The first-order valence-electron chi connectivity index (χ1n) is 7.90. The first-order valence-corrected chi connectivity index (χ1v) is 7.90. The zero-order valence-corrected chi connectivity index (χ0v) is 13.2. The Morgan fingerprint density at radius 1 is 1.18 bits per heavy atom. The lowest BCUT2D eigenvalue weighted by Gasteiger charge is -2.21. The van der Waals surface area contributed by atoms with E-state index in [0.717, 1.165) is 17.7 Å². The summed E-state index contributed by atoms with van der Waals surface area (Å²) < 4.78 is 0. The van der Waals surface area contributed by atoms with E-state index in [1.165, 1.54) is 5.56 Å². The zero-order valence-electron chi connectivity index (χ0n) is 13.2. The van der Waals surface area contributed by atoms with Gasteiger partial charge in [-0.25, -0.2) is 0 Å². The molecule has 0 saturated carbocycles. The Hall–Kier alpha value is -1.88. The highest BCUT2D eigenvalue weighted by Gasteiger charge is 2.40. The molecule has 2 N–H and O–H groups in total. The molecule has 3 rings (SSSR count). The monoisotopic (exact) mass is 301 g/mol. The number of hydrogen-bond acceptors (Lipinski definition) is 3. The molecule has 5 heteroatoms. The number of carbonyl (C=O) groups excluding carboxylic acids is 2. The van der Waals surface area contributed by atoms with Crippen molar-refractivity contribution >= 4 is 17.5 Å². The molecular weight excluding hydrogens is 278 g/mol. The molecule has 2 aliphatic rings. The molecule has 2 amide bonds. The van der Waals surface area contributed by atoms with Gasteiger partial charge in [0, 0.05) is 31.4 Å². The molecule has 1 aromatic rings. The molecule has 22 heavy (non-hydrogen) atoms. The first kappa shape index (κ1) is 15.0. The van der Waals surface area contributed by atoms with Crippen molar-refractivity contribution in [1.29, 1.82) is 0 Å². The van der Waals surface area contributed by atoms with Crippen LogP contribution in [0.25, 0.3) is 0 Å². The van der Waals surface area contributed by atoms with E-state index in [4.69, 9.17) is 5.73 Å². The SMILES string of the molecule is Cc1ccc(N2CC[C@H](C(=O)N3CC[C@@H](N)C3)C2=O)cc1C. The molecule has 1 aromatic carbocycles. The summed E-state index contributed by atoms with van der Waals surface area (Å²) >= 11 is 0. The smallest absolute Gasteiger partial charge is 0.239 e. The van der Waals surface area contributed by atoms with E-state index in [0.29, 0.717) is 26.1 Å². The highest BCUT2D eigenvalue weighted by Crippen LogP contribution is 2.28. The van der Waals surface area contributed by atoms with Crippen LogP contribution >= 0.6 is 0 Å². The van der Waals surface area contributed by atoms with E-state index in [-0.39, 0.29) is 17.9 Å². The molecular formula is C17H23N3O2. The predicted molar refractivity (Wildman–Crippen MR) is 85.5 cm³/mol. The molecule has 0 unspecified atom stereocenters. The van der Waals surface area contributed by atoms with Gasteiger partial charge in [-0.05, 0) is 49.9 Å². The summed E-state index contributed by atoms with van der Waals surface area (Å²) in [6.45, 7) is 5.94. The molecule has 5 nitrogen and oxygen atoms in total. The van der Waals surface area contributed by atoms with Gasteiger partial charge in [-0.2, -0.15) is 0 Å². The standard InChI is InChI=1S/C17H23N3O2/c1-11-3-4-14(9-12(11)2)20-8-6-15(17(20)22)16(21)19-7-5-13(18)10-19/h3-4,9,13,15H,5-8,10,18H2,1-2H3/t13-,15-/m1/s1. The number of aryl methyl sites for hydroxylation is 2. The van der Waals surface area contributed by atoms with Crippen LogP contribution in [0, 0.1) is 19.8 Å². The van der Waals surface area contributed by atoms with Crippen molar-refractivity contribution in [1.82, 2.24) is 4.90 Å². The van der Waals surface area contributed by atoms with E-state index >= 15 is 0 Å². The summed E-state index contributed by atoms with van der Waals surface area (Å²) in [6, 6.07) is 6.05. The minimum atomic E-state index is -0.535. The fourth-order valence-electron chi connectivity index (χ4n) is 3.27. The van der Waals surface area contributed by atoms with Crippen molar-refractivity contribution in [3.63, 3.8) is 0 Å². The Balaban J connectivity index is 1.74. The Labute approximate surface area is 131 Å². The van der Waals surface area contributed by atoms with Gasteiger partial charge in [0.05, 0.1) is 0 Å². The van der Waals surface area contributed by atoms with Gasteiger partial charge >= 0.3 is 0 Å². The molecule has 0 aromatic heterocycles. The van der Waals surface area contributed by atoms with Crippen molar-refractivity contribution in [2.24, 2.45) is 11.7 Å². The second kappa shape index (κ2) is 5.72. The van der Waals surface area contributed by atoms with Gasteiger partial charge in [0.15, 0.2) is 0 Å². The molecule has 118 valence electrons. The number of amides is 2. The van der Waals surface area contributed by atoms with Crippen LogP contribution in [0.1, 0.15) is 24.0 Å². The molecule has 2 fully saturated rings. The lowest BCUT2D eigenvalue weighted by Crippen LogP contribution is -2.40. The number of hydrogen-bond donors (Lipinski definition) is 1. The van der Waals surface area contributed by atoms with Gasteiger partial charge in [-0.15, -0.1) is 0 Å². The van der Waals surface area contributed by atoms with E-state index in [1.54, 1.807) is 9.80 Å². The van der Waals surface area contributed by atoms with Crippen LogP contribution in [0.4, 0.5) is 5.69 Å². The van der Waals surface area contributed by atoms with Crippen molar-refractivity contribution in [3.05, 3.63) is 29.3 Å². The van der Waals surface area contributed by atoms with Gasteiger partial charge in [-0.1, -0.05) is 6.07 Å². The van der Waals surface area contributed by atoms with Gasteiger partial charge < -0.3 is 15.5 Å². The van der Waals surface area contributed by atoms with E-state index in [2.05, 4.69) is 0 Å². The summed E-state index contributed by atoms with van der Waals surface area (Å²) in [5.74, 6) is -0.662. The van der Waals surface area contributed by atoms with Crippen LogP contribution in [-0.2, 0) is 9.59 Å². The molecule has 0 aliphatic carbocycles. The van der Waals surface area contributed by atoms with E-state index in [1.807, 2.05) is 32.0 Å². The minimum absolute atomic E-state index is 0.0516. The Bertz CT molecular complexity index is 614. The van der Waals surface area contributed by atoms with Gasteiger partial charge in [0.1, 0.15) is 5.92 Å². The second-order valence-electron chi connectivity index (χ2n) is 6.43. The molecule has 0 spiro atoms. The lowest BCUT2D eigenvalue weighted by atomic mass is 10.1. The van der Waals surface area contributed by atoms with Gasteiger partial charge in [0.25, 0.3) is 0 Å². The van der Waals surface area contributed by atoms with Gasteiger partial charge in [-0.3, -0.25) is 9.59 Å². The largest absolute Gasteiger partial charge is 0.340 e. The zero-order chi connectivity index (χ0) is 15.9. The fraction of sp³-hybridized carbons (Fsp3) is 0.529. The maximum atomic E-state index is 12.6. The number of nitrogens with two attached hydrogens (primary N) is 1. The molecule has 2 saturated heterocycles. The second-order valence-corrected chi connectivity index (χ2v) is 6.43. The maximum absolute atomic E-state index is 12.6. The van der Waals surface area contributed by atoms with Crippen LogP contribution in [-0.4, -0.2) is 42.4 Å². The number of likely N-dealkylation sites (tertiary alicyclic amines) is 1. The van der Waals surface area contributed by atoms with Gasteiger partial charge in [0.2, 0.25) is 11.8 Å². The molecule has 2 heterocycles. The van der Waals surface area contributed by atoms with Crippen molar-refractivity contribution in [2.45, 2.75) is 32.7 Å². The predicted octanol–water partition coefficient (Wildman–Crippen LogP) is 1.22. The van der Waals surface area contributed by atoms with E-state index in [9.17, 15) is 9.59 Å². The Morgan fingerprint density at radius 3 is 2.59 bits per heavy atom. The van der Waals surface area contributed by atoms with Crippen molar-refractivity contribution in [2.75, 3.05) is 24.5 Å². The third-order valence-corrected chi connectivity index (χ3v) is 4.84. The topological polar surface area (TPSA) is 66.6 Å². The summed E-state index contributed by atoms with van der Waals surface area (Å²) in [4.78, 5) is 28.6. The van der Waals surface area contributed by atoms with Crippen LogP contribution in [0.3, 0.4) is 0 Å². The molecule has 2 atom stereocenters. The number of nitrogens with zero attached hydrogens (tertiary/aromatic N) is 2. The number of anilines is 1. The van der Waals surface area contributed by atoms with Crippen molar-refractivity contribution < 1.29 is 9.59 Å². The summed E-state index contributed by atoms with van der Waals surface area (Å²) in [5.41, 5.74) is 9.11. The number of benzene rings is 1. The van der Waals surface area contributed by atoms with E-state index < -0.39 is 5.92 Å². The molecule has 0 radical (unpaired) electrons. The molecule has 0 bridgehead atoms. The quantitative estimate of drug-likeness (QED) is 0.835. The number of carbonyl (C=O) groups is 2. The number of rotatable bonds is 2. The maximum Gasteiger partial charge on any atom is 0.239 e. The highest BCUT2D eigenvalue weighted by atomic mass is 16.2. The third kappa shape index (κ3) is 2.61. The summed E-state index contributed by atoms with van der Waals surface area (Å²) in [6.07, 6.45) is 1.42. The van der Waals surface area contributed by atoms with Crippen LogP contribution < -0.4 is 10.6 Å². The Morgan fingerprint density at radius 2 is 1.95 bits per heavy atom. The summed E-state index contributed by atoms with van der Waals surface area (Å²) in [5, 5.41) is 0.